The van der Waals surface area contributed by atoms with Crippen LogP contribution in [0.4, 0.5) is 5.13 Å². The lowest BCUT2D eigenvalue weighted by molar-refractivity contribution is -0.692. The van der Waals surface area contributed by atoms with E-state index in [-0.39, 0.29) is 22.2 Å². The molecule has 2 aromatic rings. The van der Waals surface area contributed by atoms with Gasteiger partial charge in [-0.15, -0.1) is 23.1 Å². The maximum absolute atomic E-state index is 13.2. The molecule has 0 radical (unpaired) electrons. The molecule has 1 saturated heterocycles. The van der Waals surface area contributed by atoms with Gasteiger partial charge >= 0.3 is 5.97 Å². The number of aryl methyl sites for hydroxylation is 1. The number of nitrogens with zero attached hydrogens (tertiary/aromatic N) is 4. The fourth-order valence-electron chi connectivity index (χ4n) is 4.62. The highest BCUT2D eigenvalue weighted by atomic mass is 32.2. The van der Waals surface area contributed by atoms with Gasteiger partial charge in [0.2, 0.25) is 11.1 Å². The van der Waals surface area contributed by atoms with Gasteiger partial charge in [0.1, 0.15) is 17.1 Å². The predicted octanol–water partition coefficient (Wildman–Crippen LogP) is -0.359. The highest BCUT2D eigenvalue weighted by Crippen LogP contribution is 2.40. The fraction of sp³-hybridized carbons (Fsp3) is 0.458. The molecule has 13 nitrogen and oxygen atoms in total. The van der Waals surface area contributed by atoms with Crippen LogP contribution < -0.4 is 20.7 Å². The summed E-state index contributed by atoms with van der Waals surface area (Å²) in [6, 6.07) is -1.05. The van der Waals surface area contributed by atoms with Crippen LogP contribution >= 0.6 is 34.4 Å². The molecule has 0 unspecified atom stereocenters. The molecule has 0 aromatic carbocycles. The van der Waals surface area contributed by atoms with Gasteiger partial charge < -0.3 is 30.9 Å². The van der Waals surface area contributed by atoms with Gasteiger partial charge in [-0.05, 0) is 33.1 Å². The van der Waals surface area contributed by atoms with Gasteiger partial charge in [0, 0.05) is 23.1 Å². The summed E-state index contributed by atoms with van der Waals surface area (Å²) in [5, 5.41) is 28.7. The number of anilines is 1. The molecule has 0 spiro atoms. The van der Waals surface area contributed by atoms with Crippen molar-refractivity contribution in [3.8, 4) is 0 Å². The molecule has 2 aromatic heterocycles. The molecule has 2 amide bonds. The number of fused-ring (bicyclic) bond motifs is 2. The predicted molar refractivity (Wildman–Crippen MR) is 144 cm³/mol. The topological polar surface area (TPSA) is 191 Å². The Balaban J connectivity index is 1.36. The molecule has 5 rings (SSSR count). The second-order valence-electron chi connectivity index (χ2n) is 9.95. The number of β-lactam (4-membered cyclic amide) rings is 1. The summed E-state index contributed by atoms with van der Waals surface area (Å²) in [5.41, 5.74) is 7.20. The first-order valence-corrected chi connectivity index (χ1v) is 15.2. The van der Waals surface area contributed by atoms with Crippen LogP contribution in [0, 0.1) is 0 Å². The Morgan fingerprint density at radius 2 is 2.08 bits per heavy atom. The number of nitrogens with two attached hydrogens (primary N) is 1. The van der Waals surface area contributed by atoms with Crippen LogP contribution in [0.2, 0.25) is 0 Å². The number of nitrogen functional groups attached to an aromatic ring is 1. The maximum Gasteiger partial charge on any atom is 0.350 e. The Morgan fingerprint density at radius 3 is 2.75 bits per heavy atom. The number of carbonyl (C=O) groups excluding carboxylic acids is 3. The second-order valence-corrected chi connectivity index (χ2v) is 12.9. The highest BCUT2D eigenvalue weighted by Gasteiger charge is 2.53. The molecule has 1 aliphatic carbocycles. The lowest BCUT2D eigenvalue weighted by Crippen LogP contribution is -2.71. The van der Waals surface area contributed by atoms with Crippen LogP contribution in [0.1, 0.15) is 43.0 Å². The number of oxime groups is 1. The van der Waals surface area contributed by atoms with Crippen molar-refractivity contribution in [2.75, 3.05) is 11.5 Å². The average molecular weight is 607 g/mol. The standard InChI is InChI=1S/C24H26N6O7S3/c1-24(2,22(35)36)37-28-15(12-9-39-23(25)26-12)18(31)27-16-19(32)30-17(21(33)34)11(8-38-20(16)30)7-29-10-40-14-6-4-3-5-13(14)29/h9-10,16,20H,3-8H2,1-2H3,(H4-,25,26,27,31,33,34,35,36)/b28-15-/t16-,20+/m1/s1. The Labute approximate surface area is 240 Å². The van der Waals surface area contributed by atoms with E-state index < -0.39 is 40.8 Å². The number of carboxylic acids is 2. The van der Waals surface area contributed by atoms with Gasteiger partial charge in [-0.3, -0.25) is 14.5 Å². The summed E-state index contributed by atoms with van der Waals surface area (Å²) < 4.78 is 2.06. The fourth-order valence-corrected chi connectivity index (χ4v) is 7.58. The van der Waals surface area contributed by atoms with Gasteiger partial charge in [-0.1, -0.05) is 16.5 Å². The van der Waals surface area contributed by atoms with Crippen molar-refractivity contribution in [1.29, 1.82) is 0 Å². The minimum absolute atomic E-state index is 0.0369. The molecule has 3 aliphatic rings. The van der Waals surface area contributed by atoms with Crippen LogP contribution in [0.25, 0.3) is 0 Å². The van der Waals surface area contributed by atoms with E-state index in [4.69, 9.17) is 10.6 Å². The van der Waals surface area contributed by atoms with Crippen molar-refractivity contribution in [2.24, 2.45) is 5.16 Å². The maximum atomic E-state index is 13.2. The highest BCUT2D eigenvalue weighted by molar-refractivity contribution is 8.00. The van der Waals surface area contributed by atoms with Crippen molar-refractivity contribution in [3.63, 3.8) is 0 Å². The molecule has 2 aliphatic heterocycles. The van der Waals surface area contributed by atoms with Crippen LogP contribution in [-0.4, -0.2) is 67.2 Å². The van der Waals surface area contributed by atoms with E-state index in [1.807, 2.05) is 5.51 Å². The number of thiazole rings is 2. The number of aromatic nitrogens is 2. The SMILES string of the molecule is CC(C)(O/N=C(\C(=O)N[C@@H]1C(=O)N2C(C(=O)[O-])=C(C[n+]3csc4c3CCCC4)CS[C@@H]12)c1csc(N)n1)C(=O)O. The van der Waals surface area contributed by atoms with E-state index in [9.17, 15) is 29.4 Å². The van der Waals surface area contributed by atoms with Crippen LogP contribution in [-0.2, 0) is 43.4 Å². The summed E-state index contributed by atoms with van der Waals surface area (Å²) in [6.45, 7) is 2.85. The lowest BCUT2D eigenvalue weighted by atomic mass is 10.0. The van der Waals surface area contributed by atoms with E-state index in [1.165, 1.54) is 41.6 Å². The molecule has 40 heavy (non-hydrogen) atoms. The number of carbonyl (C=O) groups is 4. The largest absolute Gasteiger partial charge is 0.543 e. The van der Waals surface area contributed by atoms with Crippen LogP contribution in [0.3, 0.4) is 0 Å². The molecule has 1 fully saturated rings. The zero-order valence-corrected chi connectivity index (χ0v) is 24.0. The van der Waals surface area contributed by atoms with E-state index >= 15 is 0 Å². The zero-order valence-electron chi connectivity index (χ0n) is 21.5. The number of thioether (sulfide) groups is 1. The number of nitrogens with one attached hydrogen (secondary N) is 1. The summed E-state index contributed by atoms with van der Waals surface area (Å²) in [7, 11) is 0. The monoisotopic (exact) mass is 606 g/mol. The number of hydrogen-bond acceptors (Lipinski definition) is 12. The molecule has 0 saturated carbocycles. The normalized spacial score (nSPS) is 20.9. The molecule has 4 N–H and O–H groups in total. The van der Waals surface area contributed by atoms with Crippen molar-refractivity contribution in [1.82, 2.24) is 15.2 Å². The third-order valence-electron chi connectivity index (χ3n) is 6.81. The number of rotatable bonds is 9. The number of amides is 2. The van der Waals surface area contributed by atoms with Crippen molar-refractivity contribution >= 4 is 69.0 Å². The summed E-state index contributed by atoms with van der Waals surface area (Å²) >= 11 is 4.03. The van der Waals surface area contributed by atoms with Crippen LogP contribution in [0.5, 0.6) is 0 Å². The number of hydrogen-bond donors (Lipinski definition) is 3. The third-order valence-corrected chi connectivity index (χ3v) is 9.90. The van der Waals surface area contributed by atoms with Crippen LogP contribution in [0.15, 0.2) is 27.3 Å². The molecule has 4 heterocycles. The molecular formula is C24H26N6O7S3. The van der Waals surface area contributed by atoms with E-state index in [0.717, 1.165) is 41.9 Å². The van der Waals surface area contributed by atoms with Gasteiger partial charge in [-0.25, -0.2) is 9.78 Å². The molecular weight excluding hydrogens is 581 g/mol. The molecule has 2 atom stereocenters. The minimum Gasteiger partial charge on any atom is -0.543 e. The zero-order chi connectivity index (χ0) is 28.8. The van der Waals surface area contributed by atoms with E-state index in [0.29, 0.717) is 17.9 Å². The van der Waals surface area contributed by atoms with Gasteiger partial charge in [0.15, 0.2) is 23.1 Å². The van der Waals surface area contributed by atoms with Gasteiger partial charge in [0.05, 0.1) is 16.5 Å². The summed E-state index contributed by atoms with van der Waals surface area (Å²) in [5.74, 6) is -3.89. The van der Waals surface area contributed by atoms with Gasteiger partial charge in [0.25, 0.3) is 11.8 Å². The molecule has 212 valence electrons. The quantitative estimate of drug-likeness (QED) is 0.147. The van der Waals surface area contributed by atoms with E-state index in [1.54, 1.807) is 11.3 Å². The minimum atomic E-state index is -1.75. The second kappa shape index (κ2) is 10.8. The first-order chi connectivity index (χ1) is 19.0. The Bertz CT molecular complexity index is 1460. The van der Waals surface area contributed by atoms with Crippen molar-refractivity contribution in [3.05, 3.63) is 38.4 Å². The van der Waals surface area contributed by atoms with E-state index in [2.05, 4.69) is 20.0 Å². The van der Waals surface area contributed by atoms with Gasteiger partial charge in [-0.2, -0.15) is 4.57 Å². The van der Waals surface area contributed by atoms with Crippen molar-refractivity contribution in [2.45, 2.75) is 63.1 Å². The van der Waals surface area contributed by atoms with Crippen molar-refractivity contribution < 1.29 is 38.8 Å². The average Bonchev–Trinajstić information content (AvgIpc) is 3.53. The number of carboxylic acid groups (broad SMARTS) is 2. The Kier molecular flexibility index (Phi) is 7.58. The first-order valence-electron chi connectivity index (χ1n) is 12.4. The number of aliphatic carboxylic acids is 2. The molecule has 16 heteroatoms. The summed E-state index contributed by atoms with van der Waals surface area (Å²) in [4.78, 5) is 61.6. The Morgan fingerprint density at radius 1 is 1.32 bits per heavy atom. The first kappa shape index (κ1) is 28.0. The lowest BCUT2D eigenvalue weighted by Gasteiger charge is -2.50. The third kappa shape index (κ3) is 5.17. The Hall–Kier alpha value is -3.50. The summed E-state index contributed by atoms with van der Waals surface area (Å²) in [6.07, 6.45) is 4.16. The smallest absolute Gasteiger partial charge is 0.350 e. The molecule has 0 bridgehead atoms.